The van der Waals surface area contributed by atoms with Crippen molar-refractivity contribution in [2.24, 2.45) is 0 Å². The molecular weight excluding hydrogens is 338 g/mol. The molecule has 146 valence electrons. The summed E-state index contributed by atoms with van der Waals surface area (Å²) in [6, 6.07) is 16.8. The van der Waals surface area contributed by atoms with Crippen LogP contribution in [0.5, 0.6) is 11.5 Å². The molecule has 0 aliphatic carbocycles. The fourth-order valence-electron chi connectivity index (χ4n) is 4.11. The van der Waals surface area contributed by atoms with Gasteiger partial charge in [-0.3, -0.25) is 0 Å². The lowest BCUT2D eigenvalue weighted by Crippen LogP contribution is -2.55. The highest BCUT2D eigenvalue weighted by atomic mass is 16.5. The highest BCUT2D eigenvalue weighted by Gasteiger charge is 2.40. The van der Waals surface area contributed by atoms with Crippen molar-refractivity contribution < 1.29 is 14.2 Å². The second kappa shape index (κ2) is 8.32. The van der Waals surface area contributed by atoms with Crippen molar-refractivity contribution in [1.29, 1.82) is 0 Å². The number of hydrogen-bond donors (Lipinski definition) is 1. The van der Waals surface area contributed by atoms with E-state index in [9.17, 15) is 0 Å². The lowest BCUT2D eigenvalue weighted by molar-refractivity contribution is -0.0881. The quantitative estimate of drug-likeness (QED) is 0.787. The van der Waals surface area contributed by atoms with E-state index in [-0.39, 0.29) is 11.1 Å². The summed E-state index contributed by atoms with van der Waals surface area (Å²) in [5, 5.41) is 3.87. The normalized spacial score (nSPS) is 21.6. The van der Waals surface area contributed by atoms with Crippen molar-refractivity contribution in [3.8, 4) is 11.5 Å². The minimum atomic E-state index is -0.127. The first-order chi connectivity index (χ1) is 13.0. The molecule has 0 bridgehead atoms. The van der Waals surface area contributed by atoms with Gasteiger partial charge in [-0.15, -0.1) is 0 Å². The maximum atomic E-state index is 6.00. The van der Waals surface area contributed by atoms with Crippen LogP contribution in [0.15, 0.2) is 48.5 Å². The predicted octanol–water partition coefficient (Wildman–Crippen LogP) is 4.36. The number of rotatable bonds is 7. The van der Waals surface area contributed by atoms with E-state index >= 15 is 0 Å². The third-order valence-corrected chi connectivity index (χ3v) is 5.34. The molecule has 4 nitrogen and oxygen atoms in total. The number of benzene rings is 2. The molecule has 27 heavy (non-hydrogen) atoms. The summed E-state index contributed by atoms with van der Waals surface area (Å²) in [6.07, 6.45) is 2.97. The Balaban J connectivity index is 1.79. The van der Waals surface area contributed by atoms with Gasteiger partial charge in [0.1, 0.15) is 0 Å². The summed E-state index contributed by atoms with van der Waals surface area (Å²) in [7, 11) is 3.34. The molecule has 1 atom stereocenters. The zero-order chi connectivity index (χ0) is 19.3. The third-order valence-electron chi connectivity index (χ3n) is 5.34. The molecule has 1 unspecified atom stereocenters. The summed E-state index contributed by atoms with van der Waals surface area (Å²) in [5.74, 6) is 1.52. The van der Waals surface area contributed by atoms with Crippen molar-refractivity contribution >= 4 is 0 Å². The van der Waals surface area contributed by atoms with Crippen LogP contribution in [0.1, 0.15) is 37.8 Å². The molecule has 2 aromatic carbocycles. The molecule has 1 aliphatic rings. The Hall–Kier alpha value is -2.04. The van der Waals surface area contributed by atoms with Crippen LogP contribution in [0.4, 0.5) is 0 Å². The fourth-order valence-corrected chi connectivity index (χ4v) is 4.11. The summed E-state index contributed by atoms with van der Waals surface area (Å²) in [6.45, 7) is 5.93. The maximum absolute atomic E-state index is 6.00. The molecule has 3 rings (SSSR count). The van der Waals surface area contributed by atoms with Crippen molar-refractivity contribution in [2.75, 3.05) is 20.8 Å². The monoisotopic (exact) mass is 369 g/mol. The predicted molar refractivity (Wildman–Crippen MR) is 109 cm³/mol. The molecule has 2 aromatic rings. The van der Waals surface area contributed by atoms with Gasteiger partial charge >= 0.3 is 0 Å². The lowest BCUT2D eigenvalue weighted by atomic mass is 9.77. The average molecular weight is 370 g/mol. The first kappa shape index (κ1) is 19.7. The molecule has 0 amide bonds. The van der Waals surface area contributed by atoms with Gasteiger partial charge in [-0.05, 0) is 56.4 Å². The molecule has 0 radical (unpaired) electrons. The Bertz CT molecular complexity index is 745. The van der Waals surface area contributed by atoms with Gasteiger partial charge in [0.25, 0.3) is 0 Å². The van der Waals surface area contributed by atoms with Crippen LogP contribution >= 0.6 is 0 Å². The van der Waals surface area contributed by atoms with Gasteiger partial charge in [0.2, 0.25) is 0 Å². The minimum Gasteiger partial charge on any atom is -0.493 e. The fraction of sp³-hybridized carbons (Fsp3) is 0.478. The van der Waals surface area contributed by atoms with E-state index in [0.717, 1.165) is 43.9 Å². The van der Waals surface area contributed by atoms with Gasteiger partial charge in [0.15, 0.2) is 11.5 Å². The van der Waals surface area contributed by atoms with Crippen LogP contribution in [-0.2, 0) is 17.7 Å². The van der Waals surface area contributed by atoms with Gasteiger partial charge < -0.3 is 19.5 Å². The van der Waals surface area contributed by atoms with Crippen LogP contribution in [0.25, 0.3) is 0 Å². The number of methoxy groups -OCH3 is 2. The first-order valence-corrected chi connectivity index (χ1v) is 9.59. The Morgan fingerprint density at radius 3 is 2.37 bits per heavy atom. The molecule has 0 saturated carbocycles. The smallest absolute Gasteiger partial charge is 0.161 e. The molecule has 1 aliphatic heterocycles. The SMILES string of the molecule is COc1ccc(CNC2(Cc3ccccc3)CCOC(C)(C)C2)cc1OC. The summed E-state index contributed by atoms with van der Waals surface area (Å²) in [4.78, 5) is 0. The topological polar surface area (TPSA) is 39.7 Å². The summed E-state index contributed by atoms with van der Waals surface area (Å²) in [5.41, 5.74) is 2.42. The molecule has 0 spiro atoms. The Kier molecular flexibility index (Phi) is 6.08. The van der Waals surface area contributed by atoms with Gasteiger partial charge in [-0.1, -0.05) is 36.4 Å². The highest BCUT2D eigenvalue weighted by molar-refractivity contribution is 5.42. The zero-order valence-corrected chi connectivity index (χ0v) is 16.9. The zero-order valence-electron chi connectivity index (χ0n) is 16.9. The average Bonchev–Trinajstić information content (AvgIpc) is 2.66. The van der Waals surface area contributed by atoms with Crippen LogP contribution in [-0.4, -0.2) is 32.0 Å². The Morgan fingerprint density at radius 1 is 0.963 bits per heavy atom. The lowest BCUT2D eigenvalue weighted by Gasteiger charge is -2.46. The standard InChI is InChI=1S/C23H31NO3/c1-22(2)17-23(12-13-27-22,15-18-8-6-5-7-9-18)24-16-19-10-11-20(25-3)21(14-19)26-4/h5-11,14,24H,12-13,15-17H2,1-4H3. The van der Waals surface area contributed by atoms with Crippen molar-refractivity contribution in [1.82, 2.24) is 5.32 Å². The molecule has 1 saturated heterocycles. The number of ether oxygens (including phenoxy) is 3. The van der Waals surface area contributed by atoms with E-state index in [1.807, 2.05) is 12.1 Å². The van der Waals surface area contributed by atoms with Gasteiger partial charge in [0, 0.05) is 18.7 Å². The van der Waals surface area contributed by atoms with E-state index in [0.29, 0.717) is 0 Å². The first-order valence-electron chi connectivity index (χ1n) is 9.59. The Labute approximate surface area is 162 Å². The van der Waals surface area contributed by atoms with E-state index in [2.05, 4.69) is 55.6 Å². The molecule has 1 N–H and O–H groups in total. The second-order valence-electron chi connectivity index (χ2n) is 8.02. The van der Waals surface area contributed by atoms with Gasteiger partial charge in [-0.25, -0.2) is 0 Å². The van der Waals surface area contributed by atoms with Gasteiger partial charge in [0.05, 0.1) is 19.8 Å². The third kappa shape index (κ3) is 5.02. The summed E-state index contributed by atoms with van der Waals surface area (Å²) >= 11 is 0. The number of hydrogen-bond acceptors (Lipinski definition) is 4. The Morgan fingerprint density at radius 2 is 1.70 bits per heavy atom. The van der Waals surface area contributed by atoms with E-state index in [1.54, 1.807) is 14.2 Å². The molecule has 1 heterocycles. The van der Waals surface area contributed by atoms with E-state index in [4.69, 9.17) is 14.2 Å². The summed E-state index contributed by atoms with van der Waals surface area (Å²) < 4.78 is 16.8. The van der Waals surface area contributed by atoms with Crippen molar-refractivity contribution in [3.05, 3.63) is 59.7 Å². The maximum Gasteiger partial charge on any atom is 0.161 e. The number of nitrogens with one attached hydrogen (secondary N) is 1. The van der Waals surface area contributed by atoms with Gasteiger partial charge in [-0.2, -0.15) is 0 Å². The largest absolute Gasteiger partial charge is 0.493 e. The van der Waals surface area contributed by atoms with Crippen molar-refractivity contribution in [3.63, 3.8) is 0 Å². The van der Waals surface area contributed by atoms with E-state index in [1.165, 1.54) is 11.1 Å². The molecule has 0 aromatic heterocycles. The molecule has 1 fully saturated rings. The van der Waals surface area contributed by atoms with Crippen LogP contribution < -0.4 is 14.8 Å². The van der Waals surface area contributed by atoms with Crippen molar-refractivity contribution in [2.45, 2.75) is 50.8 Å². The highest BCUT2D eigenvalue weighted by Crippen LogP contribution is 2.35. The van der Waals surface area contributed by atoms with Crippen LogP contribution in [0.3, 0.4) is 0 Å². The van der Waals surface area contributed by atoms with Crippen LogP contribution in [0.2, 0.25) is 0 Å². The minimum absolute atomic E-state index is 0.0102. The van der Waals surface area contributed by atoms with E-state index < -0.39 is 0 Å². The second-order valence-corrected chi connectivity index (χ2v) is 8.02. The molecule has 4 heteroatoms. The molecular formula is C23H31NO3. The van der Waals surface area contributed by atoms with Crippen LogP contribution in [0, 0.1) is 0 Å².